The Balaban J connectivity index is 2.58. The second kappa shape index (κ2) is 4.84. The van der Waals surface area contributed by atoms with Gasteiger partial charge in [-0.25, -0.2) is 0 Å². The molecule has 2 aromatic rings. The predicted octanol–water partition coefficient (Wildman–Crippen LogP) is -0.496. The third kappa shape index (κ3) is 2.16. The van der Waals surface area contributed by atoms with Crippen molar-refractivity contribution in [2.75, 3.05) is 11.9 Å². The van der Waals surface area contributed by atoms with E-state index < -0.39 is 11.1 Å². The highest BCUT2D eigenvalue weighted by molar-refractivity contribution is 6.01. The summed E-state index contributed by atoms with van der Waals surface area (Å²) in [5.74, 6) is -0.301. The average Bonchev–Trinajstić information content (AvgIpc) is 2.34. The van der Waals surface area contributed by atoms with E-state index in [1.807, 2.05) is 0 Å². The van der Waals surface area contributed by atoms with Gasteiger partial charge in [-0.3, -0.25) is 24.6 Å². The molecule has 18 heavy (non-hydrogen) atoms. The van der Waals surface area contributed by atoms with Gasteiger partial charge in [0.2, 0.25) is 5.91 Å². The van der Waals surface area contributed by atoms with E-state index in [0.29, 0.717) is 5.69 Å². The van der Waals surface area contributed by atoms with Crippen LogP contribution in [0.4, 0.5) is 5.69 Å². The Morgan fingerprint density at radius 3 is 2.67 bits per heavy atom. The zero-order chi connectivity index (χ0) is 13.1. The largest absolute Gasteiger partial charge is 0.330 e. The highest BCUT2D eigenvalue weighted by atomic mass is 16.2. The number of carbonyl (C=O) groups excluding carboxylic acids is 1. The summed E-state index contributed by atoms with van der Waals surface area (Å²) < 4.78 is 0. The van der Waals surface area contributed by atoms with E-state index >= 15 is 0 Å². The lowest BCUT2D eigenvalue weighted by atomic mass is 10.1. The maximum absolute atomic E-state index is 11.7. The molecule has 0 aliphatic heterocycles. The maximum atomic E-state index is 11.7. The van der Waals surface area contributed by atoms with Crippen LogP contribution in [0.25, 0.3) is 10.8 Å². The van der Waals surface area contributed by atoms with Gasteiger partial charge in [-0.15, -0.1) is 0 Å². The fraction of sp³-hybridized carbons (Fsp3) is 0.182. The number of hydrogen-bond acceptors (Lipinski definition) is 4. The Labute approximate surface area is 101 Å². The summed E-state index contributed by atoms with van der Waals surface area (Å²) in [7, 11) is 0. The topological polar surface area (TPSA) is 121 Å². The van der Waals surface area contributed by atoms with Gasteiger partial charge in [0, 0.05) is 13.0 Å². The average molecular weight is 248 g/mol. The molecular formula is C11H12N4O3. The number of benzene rings is 1. The minimum Gasteiger partial charge on any atom is -0.330 e. The first-order chi connectivity index (χ1) is 8.63. The molecule has 0 saturated heterocycles. The molecule has 7 heteroatoms. The molecule has 1 aromatic carbocycles. The van der Waals surface area contributed by atoms with Crippen molar-refractivity contribution >= 4 is 22.4 Å². The van der Waals surface area contributed by atoms with E-state index in [2.05, 4.69) is 15.5 Å². The monoisotopic (exact) mass is 248 g/mol. The summed E-state index contributed by atoms with van der Waals surface area (Å²) in [4.78, 5) is 34.7. The Morgan fingerprint density at radius 2 is 1.94 bits per heavy atom. The van der Waals surface area contributed by atoms with Gasteiger partial charge < -0.3 is 11.1 Å². The van der Waals surface area contributed by atoms with Crippen molar-refractivity contribution < 1.29 is 4.79 Å². The number of H-pyrrole nitrogens is 2. The Morgan fingerprint density at radius 1 is 1.22 bits per heavy atom. The van der Waals surface area contributed by atoms with Crippen LogP contribution in [0.2, 0.25) is 0 Å². The lowest BCUT2D eigenvalue weighted by Crippen LogP contribution is -2.22. The van der Waals surface area contributed by atoms with Gasteiger partial charge in [0.05, 0.1) is 16.5 Å². The molecule has 5 N–H and O–H groups in total. The van der Waals surface area contributed by atoms with E-state index in [0.717, 1.165) is 0 Å². The van der Waals surface area contributed by atoms with Crippen LogP contribution in [0, 0.1) is 0 Å². The van der Waals surface area contributed by atoms with Crippen LogP contribution in [0.5, 0.6) is 0 Å². The predicted molar refractivity (Wildman–Crippen MR) is 67.5 cm³/mol. The molecule has 0 unspecified atom stereocenters. The number of aromatic nitrogens is 2. The number of aromatic amines is 2. The maximum Gasteiger partial charge on any atom is 0.272 e. The number of rotatable bonds is 3. The van der Waals surface area contributed by atoms with E-state index in [1.54, 1.807) is 12.1 Å². The summed E-state index contributed by atoms with van der Waals surface area (Å²) in [5, 5.41) is 7.39. The molecule has 94 valence electrons. The van der Waals surface area contributed by atoms with E-state index in [4.69, 9.17) is 5.73 Å². The minimum atomic E-state index is -0.465. The lowest BCUT2D eigenvalue weighted by molar-refractivity contribution is -0.116. The van der Waals surface area contributed by atoms with Crippen LogP contribution >= 0.6 is 0 Å². The van der Waals surface area contributed by atoms with Crippen LogP contribution in [-0.4, -0.2) is 22.6 Å². The van der Waals surface area contributed by atoms with Crippen LogP contribution < -0.4 is 22.2 Å². The summed E-state index contributed by atoms with van der Waals surface area (Å²) >= 11 is 0. The Hall–Kier alpha value is -2.41. The lowest BCUT2D eigenvalue weighted by Gasteiger charge is -2.06. The van der Waals surface area contributed by atoms with Crippen LogP contribution in [0.3, 0.4) is 0 Å². The molecule has 0 atom stereocenters. The van der Waals surface area contributed by atoms with Gasteiger partial charge in [0.1, 0.15) is 0 Å². The van der Waals surface area contributed by atoms with Crippen molar-refractivity contribution in [1.82, 2.24) is 10.2 Å². The fourth-order valence-electron chi connectivity index (χ4n) is 1.68. The number of anilines is 1. The van der Waals surface area contributed by atoms with Crippen molar-refractivity contribution in [1.29, 1.82) is 0 Å². The first-order valence-corrected chi connectivity index (χ1v) is 5.37. The number of nitrogens with two attached hydrogens (primary N) is 1. The molecule has 0 fully saturated rings. The van der Waals surface area contributed by atoms with Gasteiger partial charge in [0.25, 0.3) is 11.1 Å². The van der Waals surface area contributed by atoms with Crippen LogP contribution in [-0.2, 0) is 4.79 Å². The summed E-state index contributed by atoms with van der Waals surface area (Å²) in [6.45, 7) is 0.216. The van der Waals surface area contributed by atoms with Gasteiger partial charge >= 0.3 is 0 Å². The highest BCUT2D eigenvalue weighted by Gasteiger charge is 2.10. The summed E-state index contributed by atoms with van der Waals surface area (Å²) in [6, 6.07) is 4.67. The van der Waals surface area contributed by atoms with Gasteiger partial charge in [-0.1, -0.05) is 6.07 Å². The van der Waals surface area contributed by atoms with Crippen molar-refractivity contribution in [3.63, 3.8) is 0 Å². The minimum absolute atomic E-state index is 0.150. The molecule has 2 rings (SSSR count). The fourth-order valence-corrected chi connectivity index (χ4v) is 1.68. The third-order valence-corrected chi connectivity index (χ3v) is 2.47. The smallest absolute Gasteiger partial charge is 0.272 e. The quantitative estimate of drug-likeness (QED) is 0.585. The first kappa shape index (κ1) is 12.1. The molecule has 0 spiro atoms. The van der Waals surface area contributed by atoms with Crippen molar-refractivity contribution in [2.45, 2.75) is 6.42 Å². The first-order valence-electron chi connectivity index (χ1n) is 5.37. The number of fused-ring (bicyclic) bond motifs is 1. The summed E-state index contributed by atoms with van der Waals surface area (Å²) in [6.07, 6.45) is 0.150. The van der Waals surface area contributed by atoms with Crippen molar-refractivity contribution in [3.8, 4) is 0 Å². The zero-order valence-electron chi connectivity index (χ0n) is 9.45. The molecule has 1 amide bonds. The van der Waals surface area contributed by atoms with Crippen molar-refractivity contribution in [3.05, 3.63) is 38.9 Å². The molecule has 0 aliphatic carbocycles. The van der Waals surface area contributed by atoms with Gasteiger partial charge in [-0.05, 0) is 12.1 Å². The van der Waals surface area contributed by atoms with Crippen LogP contribution in [0.1, 0.15) is 6.42 Å². The molecule has 0 aliphatic rings. The van der Waals surface area contributed by atoms with Gasteiger partial charge in [0.15, 0.2) is 0 Å². The van der Waals surface area contributed by atoms with Crippen LogP contribution in [0.15, 0.2) is 27.8 Å². The molecule has 7 nitrogen and oxygen atoms in total. The van der Waals surface area contributed by atoms with Gasteiger partial charge in [-0.2, -0.15) is 0 Å². The third-order valence-electron chi connectivity index (χ3n) is 2.47. The Kier molecular flexibility index (Phi) is 3.24. The number of amides is 1. The van der Waals surface area contributed by atoms with E-state index in [-0.39, 0.29) is 29.6 Å². The molecule has 0 radical (unpaired) electrons. The molecule has 0 saturated carbocycles. The van der Waals surface area contributed by atoms with E-state index in [9.17, 15) is 14.4 Å². The number of nitrogens with one attached hydrogen (secondary N) is 3. The van der Waals surface area contributed by atoms with E-state index in [1.165, 1.54) is 6.07 Å². The second-order valence-electron chi connectivity index (χ2n) is 3.72. The number of carbonyl (C=O) groups is 1. The highest BCUT2D eigenvalue weighted by Crippen LogP contribution is 2.16. The molecule has 1 heterocycles. The number of hydrogen-bond donors (Lipinski definition) is 4. The SMILES string of the molecule is NCCC(=O)Nc1cccc2c(=O)[nH][nH]c(=O)c12. The van der Waals surface area contributed by atoms with Crippen molar-refractivity contribution in [2.24, 2.45) is 5.73 Å². The standard InChI is InChI=1S/C11H12N4O3/c12-5-4-8(16)13-7-3-1-2-6-9(7)11(18)15-14-10(6)17/h1-3H,4-5,12H2,(H,13,16)(H,14,17)(H,15,18). The molecule has 1 aromatic heterocycles. The zero-order valence-corrected chi connectivity index (χ0v) is 9.45. The molecule has 0 bridgehead atoms. The summed E-state index contributed by atoms with van der Waals surface area (Å²) in [5.41, 5.74) is 4.69. The Bertz CT molecular complexity index is 701. The molecular weight excluding hydrogens is 236 g/mol. The normalized spacial score (nSPS) is 10.5. The second-order valence-corrected chi connectivity index (χ2v) is 3.72.